The maximum atomic E-state index is 12.5. The Morgan fingerprint density at radius 1 is 1.57 bits per heavy atom. The van der Waals surface area contributed by atoms with E-state index < -0.39 is 12.0 Å². The molecule has 0 aromatic carbocycles. The van der Waals surface area contributed by atoms with Gasteiger partial charge in [-0.2, -0.15) is 0 Å². The Balaban J connectivity index is 3.14. The van der Waals surface area contributed by atoms with Crippen molar-refractivity contribution in [3.05, 3.63) is 28.5 Å². The molecule has 2 N–H and O–H groups in total. The van der Waals surface area contributed by atoms with E-state index in [1.807, 2.05) is 0 Å². The molecule has 1 atom stereocenters. The minimum absolute atomic E-state index is 0.286. The van der Waals surface area contributed by atoms with Gasteiger partial charge in [-0.25, -0.2) is 13.8 Å². The van der Waals surface area contributed by atoms with Crippen molar-refractivity contribution in [2.24, 2.45) is 5.73 Å². The molecular formula is C9H11ClF2N2. The Hall–Kier alpha value is -0.740. The third kappa shape index (κ3) is 2.01. The van der Waals surface area contributed by atoms with E-state index in [0.29, 0.717) is 10.7 Å². The number of hydrogen-bond acceptors (Lipinski definition) is 2. The minimum atomic E-state index is -2.63. The molecule has 0 aliphatic heterocycles. The summed E-state index contributed by atoms with van der Waals surface area (Å²) in [5, 5.41) is 0.304. The van der Waals surface area contributed by atoms with E-state index in [9.17, 15) is 8.78 Å². The standard InChI is InChI=1S/C9H11ClF2N2/c1-5-3-6(4-14-7(5)10)9(2,13)8(11)12/h3-4,8H,13H2,1-2H3. The lowest BCUT2D eigenvalue weighted by Gasteiger charge is -2.24. The van der Waals surface area contributed by atoms with Crippen LogP contribution in [0.25, 0.3) is 0 Å². The monoisotopic (exact) mass is 220 g/mol. The molecule has 0 radical (unpaired) electrons. The quantitative estimate of drug-likeness (QED) is 0.778. The van der Waals surface area contributed by atoms with Crippen molar-refractivity contribution in [2.75, 3.05) is 0 Å². The molecule has 0 amide bonds. The fourth-order valence-corrected chi connectivity index (χ4v) is 1.08. The molecule has 0 aliphatic carbocycles. The average molecular weight is 221 g/mol. The largest absolute Gasteiger partial charge is 0.317 e. The van der Waals surface area contributed by atoms with E-state index >= 15 is 0 Å². The molecule has 0 bridgehead atoms. The predicted molar refractivity (Wildman–Crippen MR) is 51.5 cm³/mol. The van der Waals surface area contributed by atoms with Crippen LogP contribution in [0.3, 0.4) is 0 Å². The molecule has 0 aliphatic rings. The van der Waals surface area contributed by atoms with Crippen LogP contribution in [0.1, 0.15) is 18.1 Å². The fourth-order valence-electron chi connectivity index (χ4n) is 0.979. The second-order valence-corrected chi connectivity index (χ2v) is 3.77. The van der Waals surface area contributed by atoms with Crippen LogP contribution in [0.2, 0.25) is 5.15 Å². The van der Waals surface area contributed by atoms with Gasteiger partial charge < -0.3 is 5.73 Å². The van der Waals surface area contributed by atoms with Crippen molar-refractivity contribution >= 4 is 11.6 Å². The summed E-state index contributed by atoms with van der Waals surface area (Å²) < 4.78 is 25.1. The second kappa shape index (κ2) is 3.79. The van der Waals surface area contributed by atoms with Gasteiger partial charge in [0.25, 0.3) is 6.43 Å². The summed E-state index contributed by atoms with van der Waals surface area (Å²) in [6.45, 7) is 2.96. The highest BCUT2D eigenvalue weighted by molar-refractivity contribution is 6.30. The van der Waals surface area contributed by atoms with E-state index in [2.05, 4.69) is 4.98 Å². The van der Waals surface area contributed by atoms with E-state index in [0.717, 1.165) is 0 Å². The lowest BCUT2D eigenvalue weighted by Crippen LogP contribution is -2.40. The molecule has 0 fully saturated rings. The van der Waals surface area contributed by atoms with E-state index in [1.54, 1.807) is 6.92 Å². The first kappa shape index (κ1) is 11.3. The zero-order valence-corrected chi connectivity index (χ0v) is 8.65. The molecule has 78 valence electrons. The summed E-state index contributed by atoms with van der Waals surface area (Å²) in [5.74, 6) is 0. The molecule has 1 rings (SSSR count). The van der Waals surface area contributed by atoms with Crippen LogP contribution >= 0.6 is 11.6 Å². The van der Waals surface area contributed by atoms with Crippen LogP contribution in [0, 0.1) is 6.92 Å². The SMILES string of the molecule is Cc1cc(C(C)(N)C(F)F)cnc1Cl. The molecule has 0 saturated carbocycles. The molecule has 14 heavy (non-hydrogen) atoms. The van der Waals surface area contributed by atoms with Gasteiger partial charge in [-0.1, -0.05) is 11.6 Å². The van der Waals surface area contributed by atoms with Crippen molar-refractivity contribution in [1.29, 1.82) is 0 Å². The average Bonchev–Trinajstić information content (AvgIpc) is 2.09. The smallest absolute Gasteiger partial charge is 0.260 e. The highest BCUT2D eigenvalue weighted by Crippen LogP contribution is 2.26. The minimum Gasteiger partial charge on any atom is -0.317 e. The van der Waals surface area contributed by atoms with Crippen LogP contribution in [0.4, 0.5) is 8.78 Å². The number of aryl methyl sites for hydroxylation is 1. The lowest BCUT2D eigenvalue weighted by molar-refractivity contribution is 0.0623. The Morgan fingerprint density at radius 3 is 2.57 bits per heavy atom. The Bertz CT molecular complexity index is 340. The van der Waals surface area contributed by atoms with Crippen molar-refractivity contribution in [1.82, 2.24) is 4.98 Å². The summed E-state index contributed by atoms with van der Waals surface area (Å²) in [6, 6.07) is 1.53. The zero-order valence-electron chi connectivity index (χ0n) is 7.89. The molecule has 0 saturated heterocycles. The van der Waals surface area contributed by atoms with Crippen LogP contribution in [0.5, 0.6) is 0 Å². The summed E-state index contributed by atoms with van der Waals surface area (Å²) in [5.41, 5.74) is 4.72. The van der Waals surface area contributed by atoms with Crippen molar-refractivity contribution in [2.45, 2.75) is 25.8 Å². The number of aromatic nitrogens is 1. The predicted octanol–water partition coefficient (Wildman–Crippen LogP) is 2.48. The number of nitrogens with zero attached hydrogens (tertiary/aromatic N) is 1. The maximum Gasteiger partial charge on any atom is 0.260 e. The lowest BCUT2D eigenvalue weighted by atomic mass is 9.94. The van der Waals surface area contributed by atoms with Gasteiger partial charge in [0.1, 0.15) is 10.7 Å². The first-order valence-electron chi connectivity index (χ1n) is 4.05. The Labute approximate surface area is 86.1 Å². The topological polar surface area (TPSA) is 38.9 Å². The third-order valence-electron chi connectivity index (χ3n) is 2.09. The van der Waals surface area contributed by atoms with Gasteiger partial charge in [-0.05, 0) is 31.0 Å². The zero-order chi connectivity index (χ0) is 10.9. The molecule has 2 nitrogen and oxygen atoms in total. The molecule has 1 unspecified atom stereocenters. The Kier molecular flexibility index (Phi) is 3.07. The molecule has 1 heterocycles. The fraction of sp³-hybridized carbons (Fsp3) is 0.444. The van der Waals surface area contributed by atoms with Crippen LogP contribution in [-0.2, 0) is 5.54 Å². The number of rotatable bonds is 2. The van der Waals surface area contributed by atoms with Gasteiger partial charge in [0.2, 0.25) is 0 Å². The summed E-state index contributed by atoms with van der Waals surface area (Å²) >= 11 is 5.67. The van der Waals surface area contributed by atoms with Crippen LogP contribution < -0.4 is 5.73 Å². The van der Waals surface area contributed by atoms with Gasteiger partial charge in [0.15, 0.2) is 0 Å². The number of halogens is 3. The van der Waals surface area contributed by atoms with Crippen molar-refractivity contribution in [3.63, 3.8) is 0 Å². The van der Waals surface area contributed by atoms with Gasteiger partial charge in [-0.3, -0.25) is 0 Å². The van der Waals surface area contributed by atoms with E-state index in [4.69, 9.17) is 17.3 Å². The van der Waals surface area contributed by atoms with Crippen molar-refractivity contribution in [3.8, 4) is 0 Å². The van der Waals surface area contributed by atoms with E-state index in [1.165, 1.54) is 19.2 Å². The number of hydrogen-bond donors (Lipinski definition) is 1. The first-order valence-corrected chi connectivity index (χ1v) is 4.43. The number of pyridine rings is 1. The second-order valence-electron chi connectivity index (χ2n) is 3.42. The normalized spacial score (nSPS) is 15.6. The highest BCUT2D eigenvalue weighted by atomic mass is 35.5. The molecule has 5 heteroatoms. The third-order valence-corrected chi connectivity index (χ3v) is 2.49. The Morgan fingerprint density at radius 2 is 2.14 bits per heavy atom. The molecule has 0 spiro atoms. The molecule has 1 aromatic rings. The van der Waals surface area contributed by atoms with Gasteiger partial charge >= 0.3 is 0 Å². The number of alkyl halides is 2. The molecule has 1 aromatic heterocycles. The first-order chi connectivity index (χ1) is 6.35. The van der Waals surface area contributed by atoms with Gasteiger partial charge in [0, 0.05) is 6.20 Å². The summed E-state index contributed by atoms with van der Waals surface area (Å²) in [6.07, 6.45) is -1.36. The van der Waals surface area contributed by atoms with Crippen molar-refractivity contribution < 1.29 is 8.78 Å². The maximum absolute atomic E-state index is 12.5. The van der Waals surface area contributed by atoms with Crippen LogP contribution in [0.15, 0.2) is 12.3 Å². The summed E-state index contributed by atoms with van der Waals surface area (Å²) in [4.78, 5) is 3.78. The van der Waals surface area contributed by atoms with Gasteiger partial charge in [0.05, 0.1) is 0 Å². The molecular weight excluding hydrogens is 210 g/mol. The van der Waals surface area contributed by atoms with E-state index in [-0.39, 0.29) is 5.56 Å². The number of nitrogens with two attached hydrogens (primary N) is 1. The van der Waals surface area contributed by atoms with Gasteiger partial charge in [-0.15, -0.1) is 0 Å². The van der Waals surface area contributed by atoms with Crippen LogP contribution in [-0.4, -0.2) is 11.4 Å². The summed E-state index contributed by atoms with van der Waals surface area (Å²) in [7, 11) is 0. The highest BCUT2D eigenvalue weighted by Gasteiger charge is 2.32.